The van der Waals surface area contributed by atoms with Crippen molar-refractivity contribution in [2.75, 3.05) is 12.8 Å². The van der Waals surface area contributed by atoms with Crippen LogP contribution in [0.25, 0.3) is 0 Å². The fourth-order valence-corrected chi connectivity index (χ4v) is 4.46. The normalized spacial score (nSPS) is 26.5. The largest absolute Gasteiger partial charge is 0.332 e. The van der Waals surface area contributed by atoms with Gasteiger partial charge in [0.2, 0.25) is 10.0 Å². The van der Waals surface area contributed by atoms with Gasteiger partial charge in [-0.25, -0.2) is 13.1 Å². The Hall–Kier alpha value is -0.880. The molecular weight excluding hydrogens is 298 g/mol. The lowest BCUT2D eigenvalue weighted by molar-refractivity contribution is 0.415. The van der Waals surface area contributed by atoms with Crippen molar-refractivity contribution < 1.29 is 8.42 Å². The Kier molecular flexibility index (Phi) is 4.48. The number of sulfonamides is 1. The number of fused-ring (bicyclic) bond motifs is 1. The molecule has 1 fully saturated rings. The molecule has 1 saturated heterocycles. The Labute approximate surface area is 134 Å². The molecule has 0 bridgehead atoms. The Balaban J connectivity index is 2.44. The second kappa shape index (κ2) is 5.64. The number of amidine groups is 1. The highest BCUT2D eigenvalue weighted by molar-refractivity contribution is 7.88. The van der Waals surface area contributed by atoms with Gasteiger partial charge in [0, 0.05) is 30.6 Å². The molecule has 0 saturated carbocycles. The van der Waals surface area contributed by atoms with Crippen LogP contribution in [0.15, 0.2) is 16.3 Å². The first-order valence-electron chi connectivity index (χ1n) is 7.96. The summed E-state index contributed by atoms with van der Waals surface area (Å²) in [4.78, 5) is 7.15. The maximum absolute atomic E-state index is 11.6. The standard InChI is InChI=1S/C16H29N3O2S/c1-10(2)15-17-11(3)14(16(4,5)6)13-8-12(9-19(13)15)18-22(7,20)21/h10-12,18H,8-9H2,1-7H3/t11-,12-/m0/s1. The van der Waals surface area contributed by atoms with E-state index in [1.165, 1.54) is 17.5 Å². The minimum atomic E-state index is -3.19. The third-order valence-electron chi connectivity index (χ3n) is 4.20. The summed E-state index contributed by atoms with van der Waals surface area (Å²) in [6, 6.07) is 0.0808. The summed E-state index contributed by atoms with van der Waals surface area (Å²) in [7, 11) is -3.19. The second-order valence-electron chi connectivity index (χ2n) is 7.83. The highest BCUT2D eigenvalue weighted by Crippen LogP contribution is 2.41. The molecule has 0 amide bonds. The quantitative estimate of drug-likeness (QED) is 0.865. The first kappa shape index (κ1) is 17.5. The summed E-state index contributed by atoms with van der Waals surface area (Å²) < 4.78 is 25.9. The highest BCUT2D eigenvalue weighted by atomic mass is 32.2. The molecule has 0 radical (unpaired) electrons. The van der Waals surface area contributed by atoms with Crippen LogP contribution in [0.1, 0.15) is 48.0 Å². The number of nitrogens with one attached hydrogen (secondary N) is 1. The fraction of sp³-hybridized carbons (Fsp3) is 0.812. The first-order chi connectivity index (χ1) is 9.90. The van der Waals surface area contributed by atoms with Crippen molar-refractivity contribution >= 4 is 15.9 Å². The van der Waals surface area contributed by atoms with E-state index >= 15 is 0 Å². The molecule has 2 atom stereocenters. The summed E-state index contributed by atoms with van der Waals surface area (Å²) in [5, 5.41) is 0. The van der Waals surface area contributed by atoms with Gasteiger partial charge >= 0.3 is 0 Å². The molecule has 1 N–H and O–H groups in total. The Bertz CT molecular complexity index is 612. The van der Waals surface area contributed by atoms with Crippen molar-refractivity contribution in [3.05, 3.63) is 11.3 Å². The van der Waals surface area contributed by atoms with Crippen molar-refractivity contribution in [1.29, 1.82) is 0 Å². The van der Waals surface area contributed by atoms with Crippen molar-refractivity contribution in [3.63, 3.8) is 0 Å². The van der Waals surface area contributed by atoms with Crippen LogP contribution >= 0.6 is 0 Å². The SMILES string of the molecule is CC(C)C1=N[C@@H](C)C(C(C)(C)C)=C2C[C@H](NS(C)(=O)=O)CN12. The van der Waals surface area contributed by atoms with Gasteiger partial charge in [0.05, 0.1) is 12.3 Å². The molecule has 2 aliphatic heterocycles. The Morgan fingerprint density at radius 1 is 1.32 bits per heavy atom. The van der Waals surface area contributed by atoms with Crippen molar-refractivity contribution in [2.24, 2.45) is 16.3 Å². The minimum absolute atomic E-state index is 0.0268. The molecular formula is C16H29N3O2S. The molecule has 22 heavy (non-hydrogen) atoms. The average Bonchev–Trinajstić information content (AvgIpc) is 2.65. The third kappa shape index (κ3) is 3.54. The van der Waals surface area contributed by atoms with E-state index in [-0.39, 0.29) is 17.5 Å². The van der Waals surface area contributed by atoms with Gasteiger partial charge in [-0.05, 0) is 17.9 Å². The van der Waals surface area contributed by atoms with Gasteiger partial charge in [-0.2, -0.15) is 0 Å². The van der Waals surface area contributed by atoms with Gasteiger partial charge in [0.25, 0.3) is 0 Å². The number of hydrogen-bond donors (Lipinski definition) is 1. The topological polar surface area (TPSA) is 61.8 Å². The van der Waals surface area contributed by atoms with E-state index in [2.05, 4.69) is 51.2 Å². The van der Waals surface area contributed by atoms with Gasteiger partial charge in [0.15, 0.2) is 0 Å². The van der Waals surface area contributed by atoms with E-state index in [9.17, 15) is 8.42 Å². The lowest BCUT2D eigenvalue weighted by Gasteiger charge is -2.38. The fourth-order valence-electron chi connectivity index (χ4n) is 3.70. The van der Waals surface area contributed by atoms with Crippen LogP contribution in [0, 0.1) is 11.3 Å². The molecule has 0 unspecified atom stereocenters. The zero-order valence-electron chi connectivity index (χ0n) is 14.8. The Morgan fingerprint density at radius 2 is 1.91 bits per heavy atom. The summed E-state index contributed by atoms with van der Waals surface area (Å²) in [6.45, 7) is 13.7. The van der Waals surface area contributed by atoms with Crippen molar-refractivity contribution in [1.82, 2.24) is 9.62 Å². The van der Waals surface area contributed by atoms with Crippen LogP contribution in [0.4, 0.5) is 0 Å². The molecule has 0 aromatic heterocycles. The van der Waals surface area contributed by atoms with E-state index in [4.69, 9.17) is 4.99 Å². The van der Waals surface area contributed by atoms with Gasteiger partial charge in [-0.1, -0.05) is 34.6 Å². The third-order valence-corrected chi connectivity index (χ3v) is 4.97. The molecule has 2 heterocycles. The van der Waals surface area contributed by atoms with Crippen molar-refractivity contribution in [2.45, 2.75) is 60.0 Å². The summed E-state index contributed by atoms with van der Waals surface area (Å²) in [5.74, 6) is 1.41. The zero-order chi connectivity index (χ0) is 16.9. The van der Waals surface area contributed by atoms with Crippen LogP contribution in [0.2, 0.25) is 0 Å². The van der Waals surface area contributed by atoms with Crippen LogP contribution < -0.4 is 4.72 Å². The lowest BCUT2D eigenvalue weighted by Crippen LogP contribution is -2.41. The van der Waals surface area contributed by atoms with Gasteiger partial charge in [-0.3, -0.25) is 4.99 Å². The van der Waals surface area contributed by atoms with Gasteiger partial charge in [-0.15, -0.1) is 0 Å². The van der Waals surface area contributed by atoms with Crippen LogP contribution in [0.3, 0.4) is 0 Å². The lowest BCUT2D eigenvalue weighted by atomic mass is 9.79. The van der Waals surface area contributed by atoms with E-state index in [1.807, 2.05) is 0 Å². The maximum atomic E-state index is 11.6. The number of aliphatic imine (C=N–C) groups is 1. The molecule has 2 aliphatic rings. The smallest absolute Gasteiger partial charge is 0.209 e. The van der Waals surface area contributed by atoms with Gasteiger partial charge in [0.1, 0.15) is 5.84 Å². The molecule has 0 spiro atoms. The average molecular weight is 327 g/mol. The van der Waals surface area contributed by atoms with E-state index in [0.29, 0.717) is 12.5 Å². The van der Waals surface area contributed by atoms with Gasteiger partial charge < -0.3 is 4.90 Å². The minimum Gasteiger partial charge on any atom is -0.332 e. The zero-order valence-corrected chi connectivity index (χ0v) is 15.6. The second-order valence-corrected chi connectivity index (χ2v) is 9.61. The molecule has 0 aromatic rings. The number of hydrogen-bond acceptors (Lipinski definition) is 4. The summed E-state index contributed by atoms with van der Waals surface area (Å²) >= 11 is 0. The number of nitrogens with zero attached hydrogens (tertiary/aromatic N) is 2. The maximum Gasteiger partial charge on any atom is 0.209 e. The van der Waals surface area contributed by atoms with E-state index < -0.39 is 10.0 Å². The van der Waals surface area contributed by atoms with Crippen LogP contribution in [-0.2, 0) is 10.0 Å². The molecule has 0 aliphatic carbocycles. The molecule has 5 nitrogen and oxygen atoms in total. The highest BCUT2D eigenvalue weighted by Gasteiger charge is 2.40. The number of rotatable bonds is 3. The summed E-state index contributed by atoms with van der Waals surface area (Å²) in [5.41, 5.74) is 2.62. The predicted molar refractivity (Wildman–Crippen MR) is 91.3 cm³/mol. The first-order valence-corrected chi connectivity index (χ1v) is 9.85. The van der Waals surface area contributed by atoms with Crippen LogP contribution in [-0.4, -0.2) is 44.0 Å². The molecule has 6 heteroatoms. The predicted octanol–water partition coefficient (Wildman–Crippen LogP) is 2.37. The Morgan fingerprint density at radius 3 is 2.36 bits per heavy atom. The van der Waals surface area contributed by atoms with E-state index in [1.54, 1.807) is 0 Å². The molecule has 126 valence electrons. The van der Waals surface area contributed by atoms with Crippen molar-refractivity contribution in [3.8, 4) is 0 Å². The summed E-state index contributed by atoms with van der Waals surface area (Å²) in [6.07, 6.45) is 1.97. The van der Waals surface area contributed by atoms with E-state index in [0.717, 1.165) is 12.3 Å². The monoisotopic (exact) mass is 327 g/mol. The molecule has 0 aromatic carbocycles. The van der Waals surface area contributed by atoms with Crippen LogP contribution in [0.5, 0.6) is 0 Å². The molecule has 2 rings (SSSR count).